The molecule has 3 N–H and O–H groups in total. The van der Waals surface area contributed by atoms with Crippen molar-refractivity contribution >= 4 is 5.71 Å². The van der Waals surface area contributed by atoms with Crippen molar-refractivity contribution in [1.29, 1.82) is 0 Å². The number of nitrogens with one attached hydrogen (secondary N) is 1. The molecular formula is C7H9N3. The Hall–Kier alpha value is -1.09. The summed E-state index contributed by atoms with van der Waals surface area (Å²) in [5.74, 6) is 0. The molecule has 1 aliphatic carbocycles. The average molecular weight is 135 g/mol. The molecule has 1 aliphatic heterocycles. The third-order valence-corrected chi connectivity index (χ3v) is 1.69. The highest BCUT2D eigenvalue weighted by molar-refractivity contribution is 6.03. The van der Waals surface area contributed by atoms with Gasteiger partial charge in [0.1, 0.15) is 0 Å². The van der Waals surface area contributed by atoms with E-state index in [4.69, 9.17) is 5.73 Å². The van der Waals surface area contributed by atoms with Gasteiger partial charge in [-0.1, -0.05) is 6.08 Å². The van der Waals surface area contributed by atoms with E-state index >= 15 is 0 Å². The predicted octanol–water partition coefficient (Wildman–Crippen LogP) is -0.231. The molecule has 0 fully saturated rings. The first-order chi connectivity index (χ1) is 4.86. The van der Waals surface area contributed by atoms with Crippen LogP contribution in [0.4, 0.5) is 0 Å². The molecule has 0 saturated heterocycles. The molecule has 3 heteroatoms. The maximum Gasteiger partial charge on any atom is 0.0896 e. The molecule has 0 spiro atoms. The van der Waals surface area contributed by atoms with Crippen molar-refractivity contribution in [2.45, 2.75) is 6.04 Å². The Morgan fingerprint density at radius 2 is 2.60 bits per heavy atom. The number of aliphatic imine (C=N–C) groups is 1. The zero-order valence-corrected chi connectivity index (χ0v) is 5.54. The zero-order chi connectivity index (χ0) is 6.97. The second-order valence-corrected chi connectivity index (χ2v) is 2.43. The minimum Gasteiger partial charge on any atom is -0.399 e. The maximum absolute atomic E-state index is 5.56. The van der Waals surface area contributed by atoms with Crippen molar-refractivity contribution in [1.82, 2.24) is 5.32 Å². The van der Waals surface area contributed by atoms with Crippen molar-refractivity contribution in [3.63, 3.8) is 0 Å². The van der Waals surface area contributed by atoms with Crippen LogP contribution in [0.1, 0.15) is 0 Å². The van der Waals surface area contributed by atoms with Crippen LogP contribution in [0.25, 0.3) is 0 Å². The molecule has 0 aromatic carbocycles. The second kappa shape index (κ2) is 1.95. The quantitative estimate of drug-likeness (QED) is 0.482. The monoisotopic (exact) mass is 135 g/mol. The molecule has 2 rings (SSSR count). The van der Waals surface area contributed by atoms with Crippen LogP contribution >= 0.6 is 0 Å². The number of allylic oxidation sites excluding steroid dienone is 1. The first-order valence-electron chi connectivity index (χ1n) is 3.29. The highest BCUT2D eigenvalue weighted by atomic mass is 15.1. The van der Waals surface area contributed by atoms with Crippen LogP contribution in [0.3, 0.4) is 0 Å². The summed E-state index contributed by atoms with van der Waals surface area (Å²) in [6.07, 6.45) is 5.84. The molecule has 0 aromatic rings. The molecule has 3 nitrogen and oxygen atoms in total. The molecule has 1 heterocycles. The fourth-order valence-corrected chi connectivity index (χ4v) is 1.17. The number of hydrogen-bond acceptors (Lipinski definition) is 3. The van der Waals surface area contributed by atoms with Gasteiger partial charge in [0.05, 0.1) is 18.4 Å². The van der Waals surface area contributed by atoms with Crippen molar-refractivity contribution in [2.75, 3.05) is 6.67 Å². The zero-order valence-electron chi connectivity index (χ0n) is 5.54. The first-order valence-corrected chi connectivity index (χ1v) is 3.29. The number of nitrogens with two attached hydrogens (primary N) is 1. The van der Waals surface area contributed by atoms with Crippen LogP contribution in [-0.2, 0) is 0 Å². The molecule has 1 atom stereocenters. The lowest BCUT2D eigenvalue weighted by atomic mass is 10.1. The summed E-state index contributed by atoms with van der Waals surface area (Å²) in [7, 11) is 0. The van der Waals surface area contributed by atoms with Crippen molar-refractivity contribution in [3.05, 3.63) is 23.9 Å². The van der Waals surface area contributed by atoms with Crippen LogP contribution in [0.5, 0.6) is 0 Å². The van der Waals surface area contributed by atoms with Gasteiger partial charge in [-0.25, -0.2) is 0 Å². The second-order valence-electron chi connectivity index (χ2n) is 2.43. The van der Waals surface area contributed by atoms with E-state index in [9.17, 15) is 0 Å². The Labute approximate surface area is 59.3 Å². The summed E-state index contributed by atoms with van der Waals surface area (Å²) in [5, 5.41) is 3.19. The van der Waals surface area contributed by atoms with Crippen LogP contribution in [0.15, 0.2) is 28.9 Å². The molecule has 2 aliphatic rings. The fourth-order valence-electron chi connectivity index (χ4n) is 1.17. The predicted molar refractivity (Wildman–Crippen MR) is 40.6 cm³/mol. The maximum atomic E-state index is 5.56. The van der Waals surface area contributed by atoms with Gasteiger partial charge in [-0.2, -0.15) is 0 Å². The van der Waals surface area contributed by atoms with Gasteiger partial charge in [0, 0.05) is 5.70 Å². The van der Waals surface area contributed by atoms with E-state index in [0.717, 1.165) is 11.4 Å². The lowest BCUT2D eigenvalue weighted by molar-refractivity contribution is 0.769. The van der Waals surface area contributed by atoms with Crippen molar-refractivity contribution < 1.29 is 0 Å². The highest BCUT2D eigenvalue weighted by Gasteiger charge is 2.17. The third kappa shape index (κ3) is 0.752. The van der Waals surface area contributed by atoms with Gasteiger partial charge >= 0.3 is 0 Å². The van der Waals surface area contributed by atoms with Crippen LogP contribution in [-0.4, -0.2) is 18.4 Å². The molecule has 1 unspecified atom stereocenters. The Bertz CT molecular complexity index is 237. The normalized spacial score (nSPS) is 29.4. The summed E-state index contributed by atoms with van der Waals surface area (Å²) < 4.78 is 0. The van der Waals surface area contributed by atoms with E-state index in [0.29, 0.717) is 12.7 Å². The summed E-state index contributed by atoms with van der Waals surface area (Å²) in [6.45, 7) is 0.716. The summed E-state index contributed by atoms with van der Waals surface area (Å²) in [4.78, 5) is 4.21. The number of nitrogens with zero attached hydrogens (tertiary/aromatic N) is 1. The SMILES string of the molecule is NC1=CC2=NCNC2C=C1. The van der Waals surface area contributed by atoms with Crippen molar-refractivity contribution in [2.24, 2.45) is 10.7 Å². The van der Waals surface area contributed by atoms with E-state index in [1.54, 1.807) is 0 Å². The van der Waals surface area contributed by atoms with Gasteiger partial charge in [0.15, 0.2) is 0 Å². The highest BCUT2D eigenvalue weighted by Crippen LogP contribution is 2.08. The number of hydrogen-bond donors (Lipinski definition) is 2. The molecule has 10 heavy (non-hydrogen) atoms. The van der Waals surface area contributed by atoms with Gasteiger partial charge in [-0.05, 0) is 12.2 Å². The lowest BCUT2D eigenvalue weighted by Gasteiger charge is -2.09. The largest absolute Gasteiger partial charge is 0.399 e. The van der Waals surface area contributed by atoms with Gasteiger partial charge in [-0.3, -0.25) is 10.3 Å². The van der Waals surface area contributed by atoms with Gasteiger partial charge in [0.2, 0.25) is 0 Å². The van der Waals surface area contributed by atoms with Crippen LogP contribution in [0.2, 0.25) is 0 Å². The molecule has 0 radical (unpaired) electrons. The number of rotatable bonds is 0. The summed E-state index contributed by atoms with van der Waals surface area (Å²) >= 11 is 0. The molecule has 0 bridgehead atoms. The van der Waals surface area contributed by atoms with E-state index < -0.39 is 0 Å². The van der Waals surface area contributed by atoms with E-state index in [2.05, 4.69) is 10.3 Å². The Morgan fingerprint density at radius 3 is 3.50 bits per heavy atom. The third-order valence-electron chi connectivity index (χ3n) is 1.69. The van der Waals surface area contributed by atoms with Gasteiger partial charge < -0.3 is 5.73 Å². The van der Waals surface area contributed by atoms with Gasteiger partial charge in [0.25, 0.3) is 0 Å². The molecule has 52 valence electrons. The molecular weight excluding hydrogens is 126 g/mol. The minimum atomic E-state index is 0.312. The number of fused-ring (bicyclic) bond motifs is 1. The molecule has 0 aromatic heterocycles. The Balaban J connectivity index is 2.34. The van der Waals surface area contributed by atoms with Gasteiger partial charge in [-0.15, -0.1) is 0 Å². The fraction of sp³-hybridized carbons (Fsp3) is 0.286. The lowest BCUT2D eigenvalue weighted by Crippen LogP contribution is -2.29. The molecule has 0 amide bonds. The molecule has 0 saturated carbocycles. The summed E-state index contributed by atoms with van der Waals surface area (Å²) in [6, 6.07) is 0.312. The topological polar surface area (TPSA) is 50.4 Å². The van der Waals surface area contributed by atoms with Crippen molar-refractivity contribution in [3.8, 4) is 0 Å². The van der Waals surface area contributed by atoms with E-state index in [-0.39, 0.29) is 0 Å². The summed E-state index contributed by atoms with van der Waals surface area (Å²) in [5.41, 5.74) is 7.40. The standard InChI is InChI=1S/C7H9N3/c8-5-1-2-6-7(3-5)10-4-9-6/h1-3,6,9H,4,8H2. The first kappa shape index (κ1) is 5.68. The Morgan fingerprint density at radius 1 is 1.70 bits per heavy atom. The van der Waals surface area contributed by atoms with Crippen LogP contribution < -0.4 is 11.1 Å². The van der Waals surface area contributed by atoms with E-state index in [1.165, 1.54) is 0 Å². The average Bonchev–Trinajstić information content (AvgIpc) is 2.33. The smallest absolute Gasteiger partial charge is 0.0896 e. The van der Waals surface area contributed by atoms with E-state index in [1.807, 2.05) is 18.2 Å². The van der Waals surface area contributed by atoms with Crippen LogP contribution in [0, 0.1) is 0 Å². The Kier molecular flexibility index (Phi) is 1.11. The minimum absolute atomic E-state index is 0.312.